The maximum Gasteiger partial charge on any atom is 0.255 e. The lowest BCUT2D eigenvalue weighted by Gasteiger charge is -2.24. The molecule has 0 aliphatic carbocycles. The highest BCUT2D eigenvalue weighted by atomic mass is 16.5. The molecule has 7 heteroatoms. The van der Waals surface area contributed by atoms with Crippen LogP contribution in [0.5, 0.6) is 0 Å². The van der Waals surface area contributed by atoms with Gasteiger partial charge in [0.25, 0.3) is 11.8 Å². The predicted molar refractivity (Wildman–Crippen MR) is 71.8 cm³/mol. The fraction of sp³-hybridized carbons (Fsp3) is 0.308. The summed E-state index contributed by atoms with van der Waals surface area (Å²) in [6, 6.07) is 5.12. The van der Waals surface area contributed by atoms with Crippen LogP contribution in [0.25, 0.3) is 0 Å². The minimum absolute atomic E-state index is 0.184. The summed E-state index contributed by atoms with van der Waals surface area (Å²) in [5.41, 5.74) is 7.56. The summed E-state index contributed by atoms with van der Waals surface area (Å²) in [7, 11) is 0. The topological polar surface area (TPSA) is 102 Å². The second kappa shape index (κ2) is 5.70. The molecule has 7 nitrogen and oxygen atoms in total. The van der Waals surface area contributed by atoms with Crippen molar-refractivity contribution < 1.29 is 19.1 Å². The van der Waals surface area contributed by atoms with Crippen LogP contribution in [0, 0.1) is 6.92 Å². The normalized spacial score (nSPS) is 15.3. The standard InChI is InChI=1S/C13H15N3O4/c1-8-2-3-9(14)4-10(8)15-11(17)5-16-12(18)6-20-7-13(16)19/h2-4H,5-7,14H2,1H3,(H,15,17). The van der Waals surface area contributed by atoms with Crippen molar-refractivity contribution in [1.82, 2.24) is 4.90 Å². The number of nitrogens with two attached hydrogens (primary N) is 1. The lowest BCUT2D eigenvalue weighted by atomic mass is 10.2. The Balaban J connectivity index is 2.03. The van der Waals surface area contributed by atoms with E-state index in [1.54, 1.807) is 18.2 Å². The van der Waals surface area contributed by atoms with E-state index in [0.29, 0.717) is 11.4 Å². The number of carbonyl (C=O) groups is 3. The number of anilines is 2. The third kappa shape index (κ3) is 3.12. The number of amides is 3. The average molecular weight is 277 g/mol. The molecule has 1 aromatic carbocycles. The first-order chi connectivity index (χ1) is 9.47. The largest absolute Gasteiger partial charge is 0.399 e. The summed E-state index contributed by atoms with van der Waals surface area (Å²) in [6.45, 7) is 1.13. The second-order valence-corrected chi connectivity index (χ2v) is 4.49. The minimum Gasteiger partial charge on any atom is -0.399 e. The summed E-state index contributed by atoms with van der Waals surface area (Å²) < 4.78 is 4.77. The fourth-order valence-corrected chi connectivity index (χ4v) is 1.80. The Morgan fingerprint density at radius 1 is 1.35 bits per heavy atom. The fourth-order valence-electron chi connectivity index (χ4n) is 1.80. The van der Waals surface area contributed by atoms with Crippen LogP contribution in [0.2, 0.25) is 0 Å². The lowest BCUT2D eigenvalue weighted by molar-refractivity contribution is -0.159. The van der Waals surface area contributed by atoms with Crippen molar-refractivity contribution in [2.45, 2.75) is 6.92 Å². The van der Waals surface area contributed by atoms with E-state index >= 15 is 0 Å². The van der Waals surface area contributed by atoms with Gasteiger partial charge in [0.2, 0.25) is 5.91 Å². The van der Waals surface area contributed by atoms with Crippen LogP contribution in [0.4, 0.5) is 11.4 Å². The van der Waals surface area contributed by atoms with Gasteiger partial charge in [0.1, 0.15) is 19.8 Å². The van der Waals surface area contributed by atoms with E-state index in [4.69, 9.17) is 10.5 Å². The van der Waals surface area contributed by atoms with Gasteiger partial charge in [0.05, 0.1) is 0 Å². The van der Waals surface area contributed by atoms with Crippen LogP contribution in [0.15, 0.2) is 18.2 Å². The molecule has 1 saturated heterocycles. The molecule has 1 aromatic rings. The van der Waals surface area contributed by atoms with Gasteiger partial charge < -0.3 is 15.8 Å². The molecule has 0 aromatic heterocycles. The average Bonchev–Trinajstić information content (AvgIpc) is 2.38. The van der Waals surface area contributed by atoms with Crippen molar-refractivity contribution in [3.05, 3.63) is 23.8 Å². The van der Waals surface area contributed by atoms with Gasteiger partial charge in [-0.05, 0) is 24.6 Å². The van der Waals surface area contributed by atoms with Gasteiger partial charge in [0, 0.05) is 11.4 Å². The number of nitrogen functional groups attached to an aromatic ring is 1. The third-order valence-corrected chi connectivity index (χ3v) is 2.89. The number of carbonyl (C=O) groups excluding carboxylic acids is 3. The van der Waals surface area contributed by atoms with Crippen molar-refractivity contribution in [2.24, 2.45) is 0 Å². The number of rotatable bonds is 3. The molecule has 106 valence electrons. The molecule has 0 spiro atoms. The Morgan fingerprint density at radius 2 is 2.00 bits per heavy atom. The van der Waals surface area contributed by atoms with Gasteiger partial charge in [0.15, 0.2) is 0 Å². The summed E-state index contributed by atoms with van der Waals surface area (Å²) >= 11 is 0. The van der Waals surface area contributed by atoms with Gasteiger partial charge in [-0.3, -0.25) is 19.3 Å². The number of nitrogens with one attached hydrogen (secondary N) is 1. The third-order valence-electron chi connectivity index (χ3n) is 2.89. The molecule has 1 aliphatic heterocycles. The van der Waals surface area contributed by atoms with Crippen molar-refractivity contribution in [3.63, 3.8) is 0 Å². The van der Waals surface area contributed by atoms with Gasteiger partial charge >= 0.3 is 0 Å². The van der Waals surface area contributed by atoms with E-state index in [1.807, 2.05) is 6.92 Å². The zero-order chi connectivity index (χ0) is 14.7. The first-order valence-corrected chi connectivity index (χ1v) is 6.04. The number of benzene rings is 1. The molecule has 20 heavy (non-hydrogen) atoms. The molecule has 1 heterocycles. The van der Waals surface area contributed by atoms with E-state index in [2.05, 4.69) is 5.32 Å². The monoisotopic (exact) mass is 277 g/mol. The van der Waals surface area contributed by atoms with Gasteiger partial charge in [-0.25, -0.2) is 0 Å². The van der Waals surface area contributed by atoms with Crippen molar-refractivity contribution >= 4 is 29.1 Å². The molecule has 0 bridgehead atoms. The van der Waals surface area contributed by atoms with Crippen molar-refractivity contribution in [3.8, 4) is 0 Å². The Hall–Kier alpha value is -2.41. The number of ether oxygens (including phenoxy) is 1. The Kier molecular flexibility index (Phi) is 3.99. The Morgan fingerprint density at radius 3 is 2.65 bits per heavy atom. The van der Waals surface area contributed by atoms with E-state index in [-0.39, 0.29) is 19.8 Å². The first-order valence-electron chi connectivity index (χ1n) is 6.04. The highest BCUT2D eigenvalue weighted by molar-refractivity contribution is 6.04. The molecule has 1 fully saturated rings. The van der Waals surface area contributed by atoms with E-state index in [1.165, 1.54) is 0 Å². The quantitative estimate of drug-likeness (QED) is 0.593. The molecule has 3 amide bonds. The summed E-state index contributed by atoms with van der Waals surface area (Å²) in [5, 5.41) is 2.63. The highest BCUT2D eigenvalue weighted by Crippen LogP contribution is 2.18. The number of morpholine rings is 1. The maximum atomic E-state index is 11.9. The summed E-state index contributed by atoms with van der Waals surface area (Å²) in [5.74, 6) is -1.48. The Bertz CT molecular complexity index is 555. The van der Waals surface area contributed by atoms with E-state index in [9.17, 15) is 14.4 Å². The molecule has 2 rings (SSSR count). The van der Waals surface area contributed by atoms with Crippen LogP contribution in [-0.2, 0) is 19.1 Å². The SMILES string of the molecule is Cc1ccc(N)cc1NC(=O)CN1C(=O)COCC1=O. The summed E-state index contributed by atoms with van der Waals surface area (Å²) in [6.07, 6.45) is 0. The number of hydrogen-bond acceptors (Lipinski definition) is 5. The molecule has 0 unspecified atom stereocenters. The predicted octanol–water partition coefficient (Wildman–Crippen LogP) is -0.0989. The van der Waals surface area contributed by atoms with E-state index < -0.39 is 17.7 Å². The number of aryl methyl sites for hydroxylation is 1. The molecule has 0 radical (unpaired) electrons. The van der Waals surface area contributed by atoms with Gasteiger partial charge in [-0.15, -0.1) is 0 Å². The molecule has 0 saturated carbocycles. The molecular weight excluding hydrogens is 262 g/mol. The van der Waals surface area contributed by atoms with Crippen LogP contribution in [-0.4, -0.2) is 42.4 Å². The smallest absolute Gasteiger partial charge is 0.255 e. The van der Waals surface area contributed by atoms with Crippen molar-refractivity contribution in [2.75, 3.05) is 30.8 Å². The van der Waals surface area contributed by atoms with Crippen LogP contribution >= 0.6 is 0 Å². The maximum absolute atomic E-state index is 11.9. The molecule has 3 N–H and O–H groups in total. The lowest BCUT2D eigenvalue weighted by Crippen LogP contribution is -2.49. The first kappa shape index (κ1) is 14.0. The molecule has 0 atom stereocenters. The number of nitrogens with zero attached hydrogens (tertiary/aromatic N) is 1. The van der Waals surface area contributed by atoms with Crippen molar-refractivity contribution in [1.29, 1.82) is 0 Å². The van der Waals surface area contributed by atoms with Gasteiger partial charge in [-0.2, -0.15) is 0 Å². The molecular formula is C13H15N3O4. The van der Waals surface area contributed by atoms with E-state index in [0.717, 1.165) is 10.5 Å². The van der Waals surface area contributed by atoms with Crippen LogP contribution in [0.3, 0.4) is 0 Å². The van der Waals surface area contributed by atoms with Crippen LogP contribution < -0.4 is 11.1 Å². The zero-order valence-corrected chi connectivity index (χ0v) is 11.0. The summed E-state index contributed by atoms with van der Waals surface area (Å²) in [4.78, 5) is 35.8. The van der Waals surface area contributed by atoms with Crippen LogP contribution in [0.1, 0.15) is 5.56 Å². The minimum atomic E-state index is -0.513. The highest BCUT2D eigenvalue weighted by Gasteiger charge is 2.28. The zero-order valence-electron chi connectivity index (χ0n) is 11.0. The van der Waals surface area contributed by atoms with Gasteiger partial charge in [-0.1, -0.05) is 6.07 Å². The number of hydrogen-bond donors (Lipinski definition) is 2. The Labute approximate surface area is 115 Å². The second-order valence-electron chi connectivity index (χ2n) is 4.49. The number of imide groups is 1. The molecule has 1 aliphatic rings.